The number of carbonyl (C=O) groups excluding carboxylic acids is 3. The summed E-state index contributed by atoms with van der Waals surface area (Å²) in [4.78, 5) is 40.5. The number of nitrogens with zero attached hydrogens (tertiary/aromatic N) is 1. The minimum Gasteiger partial charge on any atom is -0.493 e. The molecule has 55 heavy (non-hydrogen) atoms. The number of carbonyl (C=O) groups is 3. The second-order valence-corrected chi connectivity index (χ2v) is 16.2. The van der Waals surface area contributed by atoms with Crippen LogP contribution in [0, 0.1) is 5.92 Å². The number of ether oxygens (including phenoxy) is 6. The molecule has 3 aliphatic rings. The molecule has 1 saturated carbocycles. The average Bonchev–Trinajstić information content (AvgIpc) is 3.18. The minimum atomic E-state index is -0.496. The molecule has 1 N–H and O–H groups in total. The lowest BCUT2D eigenvalue weighted by Crippen LogP contribution is -2.43. The molecule has 0 spiro atoms. The summed E-state index contributed by atoms with van der Waals surface area (Å²) < 4.78 is 34.2. The van der Waals surface area contributed by atoms with E-state index in [1.807, 2.05) is 20.8 Å². The maximum Gasteiger partial charge on any atom is 0.337 e. The summed E-state index contributed by atoms with van der Waals surface area (Å²) in [6.45, 7) is 10.4. The van der Waals surface area contributed by atoms with Crippen LogP contribution in [0.15, 0.2) is 47.5 Å². The smallest absolute Gasteiger partial charge is 0.337 e. The van der Waals surface area contributed by atoms with Gasteiger partial charge in [-0.05, 0) is 141 Å². The zero-order valence-corrected chi connectivity index (χ0v) is 34.0. The first-order chi connectivity index (χ1) is 26.4. The highest BCUT2D eigenvalue weighted by atomic mass is 16.6. The molecule has 2 aliphatic carbocycles. The van der Waals surface area contributed by atoms with Gasteiger partial charge < -0.3 is 38.6 Å². The molecule has 0 radical (unpaired) electrons. The zero-order valence-electron chi connectivity index (χ0n) is 34.0. The molecule has 11 heteroatoms. The third kappa shape index (κ3) is 11.9. The number of hydrogen-bond acceptors (Lipinski definition) is 10. The summed E-state index contributed by atoms with van der Waals surface area (Å²) in [7, 11) is 4.57. The van der Waals surface area contributed by atoms with Crippen LogP contribution in [0.25, 0.3) is 0 Å². The van der Waals surface area contributed by atoms with Crippen molar-refractivity contribution in [3.8, 4) is 23.0 Å². The molecule has 0 aromatic heterocycles. The van der Waals surface area contributed by atoms with Gasteiger partial charge in [-0.1, -0.05) is 11.1 Å². The van der Waals surface area contributed by atoms with Crippen LogP contribution in [0.1, 0.15) is 125 Å². The van der Waals surface area contributed by atoms with Gasteiger partial charge in [0.15, 0.2) is 23.0 Å². The summed E-state index contributed by atoms with van der Waals surface area (Å²) in [6.07, 6.45) is 11.1. The van der Waals surface area contributed by atoms with Crippen LogP contribution in [-0.2, 0) is 14.3 Å². The first-order valence-corrected chi connectivity index (χ1v) is 20.1. The van der Waals surface area contributed by atoms with Gasteiger partial charge in [-0.15, -0.1) is 0 Å². The van der Waals surface area contributed by atoms with Crippen molar-refractivity contribution in [1.82, 2.24) is 10.2 Å². The van der Waals surface area contributed by atoms with Gasteiger partial charge in [0.05, 0.1) is 38.9 Å². The van der Waals surface area contributed by atoms with E-state index in [0.717, 1.165) is 64.5 Å². The number of benzene rings is 2. The summed E-state index contributed by atoms with van der Waals surface area (Å²) in [5.41, 5.74) is 3.50. The standard InChI is InChI=1S/C44H62N2O9/c1-29(46-24-21-36(22-25-46)54-40-28-34(42(48)52-7)15-19-38(40)51-6)26-32-11-9-8-10-30(32)20-23-45-41(47)33-14-18-37(50-5)39(27-33)53-35-16-12-31(13-17-35)43(49)55-44(2,3)4/h14-15,18-19,27-29,31,35-36H,8-13,16-17,20-26H2,1-7H3,(H,45,47). The van der Waals surface area contributed by atoms with Crippen molar-refractivity contribution in [2.45, 2.75) is 129 Å². The van der Waals surface area contributed by atoms with E-state index in [1.54, 1.807) is 50.6 Å². The van der Waals surface area contributed by atoms with Crippen LogP contribution >= 0.6 is 0 Å². The third-order valence-electron chi connectivity index (χ3n) is 11.1. The fourth-order valence-electron chi connectivity index (χ4n) is 8.01. The van der Waals surface area contributed by atoms with Crippen LogP contribution in [-0.4, -0.2) is 87.6 Å². The Labute approximate surface area is 327 Å². The molecule has 0 bridgehead atoms. The number of likely N-dealkylation sites (tertiary alicyclic amines) is 1. The van der Waals surface area contributed by atoms with E-state index in [0.29, 0.717) is 59.6 Å². The van der Waals surface area contributed by atoms with Crippen molar-refractivity contribution in [2.24, 2.45) is 5.92 Å². The fraction of sp³-hybridized carbons (Fsp3) is 0.614. The van der Waals surface area contributed by atoms with Crippen molar-refractivity contribution >= 4 is 17.8 Å². The normalized spacial score (nSPS) is 20.3. The molecule has 1 heterocycles. The van der Waals surface area contributed by atoms with Crippen LogP contribution in [0.2, 0.25) is 0 Å². The number of amides is 1. The predicted molar refractivity (Wildman–Crippen MR) is 211 cm³/mol. The first kappa shape index (κ1) is 41.9. The minimum absolute atomic E-state index is 0.0393. The fourth-order valence-corrected chi connectivity index (χ4v) is 8.01. The van der Waals surface area contributed by atoms with Crippen LogP contribution < -0.4 is 24.3 Å². The van der Waals surface area contributed by atoms with Crippen molar-refractivity contribution < 1.29 is 42.8 Å². The van der Waals surface area contributed by atoms with Gasteiger partial charge in [-0.3, -0.25) is 9.59 Å². The molecule has 1 saturated heterocycles. The number of nitrogens with one attached hydrogen (secondary N) is 1. The molecular formula is C44H62N2O9. The van der Waals surface area contributed by atoms with Gasteiger partial charge in [0.2, 0.25) is 0 Å². The molecule has 2 fully saturated rings. The van der Waals surface area contributed by atoms with E-state index in [4.69, 9.17) is 28.4 Å². The van der Waals surface area contributed by atoms with E-state index in [1.165, 1.54) is 31.1 Å². The summed E-state index contributed by atoms with van der Waals surface area (Å²) in [5, 5.41) is 3.15. The third-order valence-corrected chi connectivity index (χ3v) is 11.1. The first-order valence-electron chi connectivity index (χ1n) is 20.1. The summed E-state index contributed by atoms with van der Waals surface area (Å²) >= 11 is 0. The molecule has 1 unspecified atom stereocenters. The average molecular weight is 763 g/mol. The topological polar surface area (TPSA) is 122 Å². The lowest BCUT2D eigenvalue weighted by molar-refractivity contribution is -0.161. The molecule has 1 atom stereocenters. The van der Waals surface area contributed by atoms with Gasteiger partial charge in [0.25, 0.3) is 5.91 Å². The highest BCUT2D eigenvalue weighted by Crippen LogP contribution is 2.36. The molecule has 11 nitrogen and oxygen atoms in total. The van der Waals surface area contributed by atoms with E-state index in [2.05, 4.69) is 17.1 Å². The van der Waals surface area contributed by atoms with Gasteiger partial charge >= 0.3 is 11.9 Å². The molecule has 2 aromatic carbocycles. The van der Waals surface area contributed by atoms with E-state index >= 15 is 0 Å². The Hall–Kier alpha value is -4.25. The molecule has 5 rings (SSSR count). The summed E-state index contributed by atoms with van der Waals surface area (Å²) in [6, 6.07) is 10.9. The molecule has 1 aliphatic heterocycles. The second kappa shape index (κ2) is 19.6. The van der Waals surface area contributed by atoms with Gasteiger partial charge in [0, 0.05) is 31.2 Å². The Morgan fingerprint density at radius 2 is 1.33 bits per heavy atom. The Kier molecular flexibility index (Phi) is 14.9. The number of methoxy groups -OCH3 is 3. The second-order valence-electron chi connectivity index (χ2n) is 16.2. The lowest BCUT2D eigenvalue weighted by atomic mass is 9.86. The predicted octanol–water partition coefficient (Wildman–Crippen LogP) is 8.08. The Morgan fingerprint density at radius 3 is 1.91 bits per heavy atom. The van der Waals surface area contributed by atoms with Crippen molar-refractivity contribution in [3.63, 3.8) is 0 Å². The van der Waals surface area contributed by atoms with Crippen LogP contribution in [0.5, 0.6) is 23.0 Å². The maximum atomic E-state index is 13.3. The quantitative estimate of drug-likeness (QED) is 0.141. The van der Waals surface area contributed by atoms with Gasteiger partial charge in [0.1, 0.15) is 11.7 Å². The number of esters is 2. The maximum absolute atomic E-state index is 13.3. The zero-order chi connectivity index (χ0) is 39.5. The highest BCUT2D eigenvalue weighted by Gasteiger charge is 2.31. The molecular weight excluding hydrogens is 700 g/mol. The van der Waals surface area contributed by atoms with Crippen molar-refractivity contribution in [1.29, 1.82) is 0 Å². The highest BCUT2D eigenvalue weighted by molar-refractivity contribution is 5.95. The molecule has 1 amide bonds. The van der Waals surface area contributed by atoms with E-state index < -0.39 is 11.6 Å². The largest absolute Gasteiger partial charge is 0.493 e. The van der Waals surface area contributed by atoms with E-state index in [-0.39, 0.29) is 30.0 Å². The monoisotopic (exact) mass is 762 g/mol. The number of hydrogen-bond donors (Lipinski definition) is 1. The van der Waals surface area contributed by atoms with Crippen LogP contribution in [0.4, 0.5) is 0 Å². The SMILES string of the molecule is COC(=O)c1ccc(OC)c(OC2CCN(C(C)CC3=C(CCNC(=O)c4ccc(OC)c(OC5CCC(C(=O)OC(C)(C)C)CC5)c4)CCCC3)CC2)c1. The van der Waals surface area contributed by atoms with Gasteiger partial charge in [-0.2, -0.15) is 0 Å². The number of piperidine rings is 1. The lowest BCUT2D eigenvalue weighted by Gasteiger charge is -2.37. The molecule has 302 valence electrons. The Balaban J connectivity index is 1.10. The van der Waals surface area contributed by atoms with Gasteiger partial charge in [-0.25, -0.2) is 4.79 Å². The Bertz CT molecular complexity index is 1650. The Morgan fingerprint density at radius 1 is 0.764 bits per heavy atom. The van der Waals surface area contributed by atoms with Crippen LogP contribution in [0.3, 0.4) is 0 Å². The van der Waals surface area contributed by atoms with Crippen molar-refractivity contribution in [3.05, 3.63) is 58.7 Å². The van der Waals surface area contributed by atoms with E-state index in [9.17, 15) is 14.4 Å². The van der Waals surface area contributed by atoms with Crippen molar-refractivity contribution in [2.75, 3.05) is 41.0 Å². The number of rotatable bonds is 15. The molecule has 2 aromatic rings. The summed E-state index contributed by atoms with van der Waals surface area (Å²) in [5.74, 6) is 1.51.